The van der Waals surface area contributed by atoms with E-state index < -0.39 is 41.4 Å². The van der Waals surface area contributed by atoms with Gasteiger partial charge in [-0.25, -0.2) is 4.79 Å². The van der Waals surface area contributed by atoms with Gasteiger partial charge in [0.05, 0.1) is 18.2 Å². The molecule has 6 nitrogen and oxygen atoms in total. The van der Waals surface area contributed by atoms with Crippen molar-refractivity contribution in [2.45, 2.75) is 12.2 Å². The second-order valence-electron chi connectivity index (χ2n) is 6.92. The highest BCUT2D eigenvalue weighted by molar-refractivity contribution is 7.10. The summed E-state index contributed by atoms with van der Waals surface area (Å²) >= 11 is 6.93. The lowest BCUT2D eigenvalue weighted by atomic mass is 10.1. The van der Waals surface area contributed by atoms with Crippen LogP contribution in [-0.4, -0.2) is 30.8 Å². The number of carbonyl (C=O) groups is 3. The lowest BCUT2D eigenvalue weighted by Gasteiger charge is -2.30. The summed E-state index contributed by atoms with van der Waals surface area (Å²) in [6, 6.07) is 11.9. The van der Waals surface area contributed by atoms with E-state index in [0.717, 1.165) is 34.4 Å². The quantitative estimate of drug-likeness (QED) is 0.336. The number of esters is 1. The van der Waals surface area contributed by atoms with Crippen molar-refractivity contribution in [1.29, 1.82) is 0 Å². The second kappa shape index (κ2) is 10.7. The van der Waals surface area contributed by atoms with Crippen molar-refractivity contribution in [1.82, 2.24) is 0 Å². The number of hydrogen-bond acceptors (Lipinski definition) is 5. The van der Waals surface area contributed by atoms with Crippen LogP contribution < -0.4 is 10.2 Å². The Morgan fingerprint density at radius 3 is 2.35 bits per heavy atom. The number of anilines is 2. The van der Waals surface area contributed by atoms with Crippen LogP contribution in [-0.2, 0) is 20.5 Å². The number of alkyl halides is 4. The van der Waals surface area contributed by atoms with Gasteiger partial charge in [0, 0.05) is 16.3 Å². The number of rotatable bonds is 7. The predicted molar refractivity (Wildman–Crippen MR) is 123 cm³/mol. The molecule has 1 unspecified atom stereocenters. The molecule has 0 aliphatic rings. The van der Waals surface area contributed by atoms with Crippen molar-refractivity contribution in [2.75, 3.05) is 23.2 Å². The second-order valence-corrected chi connectivity index (χ2v) is 8.17. The third kappa shape index (κ3) is 5.75. The highest BCUT2D eigenvalue weighted by Crippen LogP contribution is 2.36. The molecule has 0 radical (unpaired) electrons. The first-order chi connectivity index (χ1) is 16.2. The number of amides is 2. The van der Waals surface area contributed by atoms with Crippen LogP contribution in [0.25, 0.3) is 0 Å². The zero-order valence-electron chi connectivity index (χ0n) is 17.6. The number of methoxy groups -OCH3 is 1. The zero-order valence-corrected chi connectivity index (χ0v) is 19.2. The molecule has 11 heteroatoms. The normalized spacial score (nSPS) is 12.0. The summed E-state index contributed by atoms with van der Waals surface area (Å²) in [4.78, 5) is 39.1. The Hall–Kier alpha value is -3.37. The molecule has 0 fully saturated rings. The number of nitrogens with one attached hydrogen (secondary N) is 1. The molecule has 1 aromatic heterocycles. The van der Waals surface area contributed by atoms with Crippen molar-refractivity contribution in [2.24, 2.45) is 0 Å². The first-order valence-electron chi connectivity index (χ1n) is 9.73. The number of ether oxygens (including phenoxy) is 1. The number of nitrogens with zero attached hydrogens (tertiary/aromatic N) is 1. The molecule has 34 heavy (non-hydrogen) atoms. The zero-order chi connectivity index (χ0) is 24.9. The first kappa shape index (κ1) is 25.3. The Morgan fingerprint density at radius 2 is 1.79 bits per heavy atom. The van der Waals surface area contributed by atoms with Gasteiger partial charge in [-0.3, -0.25) is 14.5 Å². The molecule has 3 aromatic rings. The summed E-state index contributed by atoms with van der Waals surface area (Å²) in [6.07, 6.45) is -4.65. The van der Waals surface area contributed by atoms with Crippen LogP contribution in [0.15, 0.2) is 66.0 Å². The maximum Gasteiger partial charge on any atom is 0.416 e. The van der Waals surface area contributed by atoms with E-state index in [1.165, 1.54) is 37.4 Å². The van der Waals surface area contributed by atoms with Crippen LogP contribution in [0, 0.1) is 0 Å². The standard InChI is InChI=1S/C23H18ClF3N2O4S/c1-33-22(32)14-7-9-16(10-8-14)28-21(31)20(18-6-3-11-34-18)29(19(30)13-24)17-5-2-4-15(12-17)23(25,26)27/h2-12,20H,13H2,1H3,(H,28,31). The van der Waals surface area contributed by atoms with E-state index >= 15 is 0 Å². The molecule has 0 bridgehead atoms. The summed E-state index contributed by atoms with van der Waals surface area (Å²) < 4.78 is 44.6. The van der Waals surface area contributed by atoms with E-state index in [9.17, 15) is 27.6 Å². The number of carbonyl (C=O) groups excluding carboxylic acids is 3. The van der Waals surface area contributed by atoms with E-state index in [-0.39, 0.29) is 11.3 Å². The van der Waals surface area contributed by atoms with Crippen molar-refractivity contribution in [3.05, 3.63) is 82.0 Å². The maximum absolute atomic E-state index is 13.3. The largest absolute Gasteiger partial charge is 0.465 e. The SMILES string of the molecule is COC(=O)c1ccc(NC(=O)C(c2cccs2)N(C(=O)CCl)c2cccc(C(F)(F)F)c2)cc1. The third-order valence-corrected chi connectivity index (χ3v) is 5.88. The van der Waals surface area contributed by atoms with Crippen LogP contribution in [0.4, 0.5) is 24.5 Å². The van der Waals surface area contributed by atoms with Gasteiger partial charge in [-0.1, -0.05) is 12.1 Å². The Balaban J connectivity index is 2.01. The fraction of sp³-hybridized carbons (Fsp3) is 0.174. The summed E-state index contributed by atoms with van der Waals surface area (Å²) in [6.45, 7) is 0. The Bertz CT molecular complexity index is 1170. The maximum atomic E-state index is 13.3. The Morgan fingerprint density at radius 1 is 1.09 bits per heavy atom. The van der Waals surface area contributed by atoms with Crippen LogP contribution >= 0.6 is 22.9 Å². The van der Waals surface area contributed by atoms with Crippen molar-refractivity contribution in [3.63, 3.8) is 0 Å². The average molecular weight is 511 g/mol. The number of benzene rings is 2. The van der Waals surface area contributed by atoms with E-state index in [1.807, 2.05) is 0 Å². The fourth-order valence-corrected chi connectivity index (χ4v) is 4.11. The lowest BCUT2D eigenvalue weighted by Crippen LogP contribution is -2.42. The van der Waals surface area contributed by atoms with Gasteiger partial charge in [0.2, 0.25) is 5.91 Å². The molecule has 3 rings (SSSR count). The molecule has 1 heterocycles. The van der Waals surface area contributed by atoms with Gasteiger partial charge in [0.15, 0.2) is 6.04 Å². The van der Waals surface area contributed by atoms with Crippen LogP contribution in [0.1, 0.15) is 26.8 Å². The Labute approximate surface area is 201 Å². The topological polar surface area (TPSA) is 75.7 Å². The molecular weight excluding hydrogens is 493 g/mol. The minimum Gasteiger partial charge on any atom is -0.465 e. The van der Waals surface area contributed by atoms with E-state index in [1.54, 1.807) is 17.5 Å². The van der Waals surface area contributed by atoms with E-state index in [4.69, 9.17) is 11.6 Å². The average Bonchev–Trinajstić information content (AvgIpc) is 3.35. The van der Waals surface area contributed by atoms with Crippen LogP contribution in [0.5, 0.6) is 0 Å². The molecular formula is C23H18ClF3N2O4S. The fourth-order valence-electron chi connectivity index (χ4n) is 3.17. The van der Waals surface area contributed by atoms with Gasteiger partial charge in [-0.2, -0.15) is 13.2 Å². The summed E-state index contributed by atoms with van der Waals surface area (Å²) in [7, 11) is 1.24. The summed E-state index contributed by atoms with van der Waals surface area (Å²) in [5.41, 5.74) is -0.532. The molecule has 1 atom stereocenters. The van der Waals surface area contributed by atoms with Gasteiger partial charge >= 0.3 is 12.1 Å². The van der Waals surface area contributed by atoms with Crippen molar-refractivity contribution in [3.8, 4) is 0 Å². The van der Waals surface area contributed by atoms with E-state index in [0.29, 0.717) is 10.6 Å². The minimum atomic E-state index is -4.65. The first-order valence-corrected chi connectivity index (χ1v) is 11.1. The molecule has 178 valence electrons. The number of hydrogen-bond donors (Lipinski definition) is 1. The molecule has 1 N–H and O–H groups in total. The molecule has 2 amide bonds. The number of halogens is 4. The summed E-state index contributed by atoms with van der Waals surface area (Å²) in [5, 5.41) is 4.32. The molecule has 0 saturated heterocycles. The highest BCUT2D eigenvalue weighted by Gasteiger charge is 2.36. The van der Waals surface area contributed by atoms with Crippen LogP contribution in [0.3, 0.4) is 0 Å². The van der Waals surface area contributed by atoms with Crippen LogP contribution in [0.2, 0.25) is 0 Å². The molecule has 0 spiro atoms. The minimum absolute atomic E-state index is 0.130. The van der Waals surface area contributed by atoms with Crippen molar-refractivity contribution < 1.29 is 32.3 Å². The highest BCUT2D eigenvalue weighted by atomic mass is 35.5. The van der Waals surface area contributed by atoms with Gasteiger partial charge in [0.25, 0.3) is 5.91 Å². The lowest BCUT2D eigenvalue weighted by molar-refractivity contribution is -0.137. The molecule has 0 aliphatic heterocycles. The van der Waals surface area contributed by atoms with Gasteiger partial charge in [-0.15, -0.1) is 22.9 Å². The molecule has 2 aromatic carbocycles. The van der Waals surface area contributed by atoms with Gasteiger partial charge in [0.1, 0.15) is 5.88 Å². The number of thiophene rings is 1. The predicted octanol–water partition coefficient (Wildman–Crippen LogP) is 5.51. The van der Waals surface area contributed by atoms with Crippen molar-refractivity contribution >= 4 is 52.1 Å². The Kier molecular flexibility index (Phi) is 7.95. The third-order valence-electron chi connectivity index (χ3n) is 4.73. The smallest absolute Gasteiger partial charge is 0.416 e. The monoisotopic (exact) mass is 510 g/mol. The van der Waals surface area contributed by atoms with E-state index in [2.05, 4.69) is 10.1 Å². The summed E-state index contributed by atoms with van der Waals surface area (Å²) in [5.74, 6) is -2.54. The van der Waals surface area contributed by atoms with Gasteiger partial charge in [-0.05, 0) is 53.9 Å². The van der Waals surface area contributed by atoms with Gasteiger partial charge < -0.3 is 10.1 Å². The molecule has 0 saturated carbocycles. The molecule has 0 aliphatic carbocycles.